The van der Waals surface area contributed by atoms with Crippen LogP contribution in [0.15, 0.2) is 42.5 Å². The van der Waals surface area contributed by atoms with E-state index in [1.165, 1.54) is 0 Å². The van der Waals surface area contributed by atoms with Crippen LogP contribution in [-0.4, -0.2) is 48.7 Å². The second-order valence-electron chi connectivity index (χ2n) is 8.59. The highest BCUT2D eigenvalue weighted by atomic mass is 16.7. The summed E-state index contributed by atoms with van der Waals surface area (Å²) < 4.78 is 16.7. The van der Waals surface area contributed by atoms with Crippen LogP contribution >= 0.6 is 0 Å². The zero-order valence-electron chi connectivity index (χ0n) is 18.8. The number of piperidine rings is 1. The van der Waals surface area contributed by atoms with E-state index in [-0.39, 0.29) is 24.6 Å². The number of likely N-dealkylation sites (tertiary alicyclic amines) is 1. The van der Waals surface area contributed by atoms with Gasteiger partial charge in [-0.2, -0.15) is 0 Å². The Labute approximate surface area is 188 Å². The third-order valence-corrected chi connectivity index (χ3v) is 5.97. The molecule has 0 aliphatic carbocycles. The van der Waals surface area contributed by atoms with Crippen molar-refractivity contribution >= 4 is 11.8 Å². The Hall–Kier alpha value is -3.22. The van der Waals surface area contributed by atoms with Crippen LogP contribution in [0.2, 0.25) is 0 Å². The third-order valence-electron chi connectivity index (χ3n) is 5.97. The van der Waals surface area contributed by atoms with Crippen molar-refractivity contribution in [1.29, 1.82) is 0 Å². The second-order valence-corrected chi connectivity index (χ2v) is 8.59. The third kappa shape index (κ3) is 4.82. The van der Waals surface area contributed by atoms with Crippen LogP contribution < -0.4 is 19.5 Å². The normalized spacial score (nSPS) is 16.7. The van der Waals surface area contributed by atoms with Gasteiger partial charge in [0.25, 0.3) is 11.8 Å². The molecule has 2 aliphatic rings. The summed E-state index contributed by atoms with van der Waals surface area (Å²) in [7, 11) is 0. The minimum atomic E-state index is -0.560. The summed E-state index contributed by atoms with van der Waals surface area (Å²) in [5.41, 5.74) is 1.63. The van der Waals surface area contributed by atoms with Crippen LogP contribution in [0.4, 0.5) is 0 Å². The highest BCUT2D eigenvalue weighted by Gasteiger charge is 2.28. The van der Waals surface area contributed by atoms with Crippen molar-refractivity contribution in [3.63, 3.8) is 0 Å². The van der Waals surface area contributed by atoms with Gasteiger partial charge in [-0.15, -0.1) is 0 Å². The Morgan fingerprint density at radius 2 is 1.75 bits per heavy atom. The van der Waals surface area contributed by atoms with E-state index in [9.17, 15) is 9.59 Å². The van der Waals surface area contributed by atoms with Gasteiger partial charge in [0.05, 0.1) is 0 Å². The van der Waals surface area contributed by atoms with Gasteiger partial charge in [0, 0.05) is 24.7 Å². The maximum atomic E-state index is 12.9. The first-order valence-electron chi connectivity index (χ1n) is 11.2. The lowest BCUT2D eigenvalue weighted by Crippen LogP contribution is -2.49. The molecule has 0 spiro atoms. The molecule has 1 N–H and O–H groups in total. The smallest absolute Gasteiger partial charge is 0.263 e. The van der Waals surface area contributed by atoms with E-state index in [1.807, 2.05) is 29.2 Å². The van der Waals surface area contributed by atoms with Crippen molar-refractivity contribution in [2.45, 2.75) is 51.7 Å². The van der Waals surface area contributed by atoms with E-state index >= 15 is 0 Å². The number of carbonyl (C=O) groups is 2. The van der Waals surface area contributed by atoms with Gasteiger partial charge < -0.3 is 24.4 Å². The molecule has 1 unspecified atom stereocenters. The molecule has 1 atom stereocenters. The number of nitrogens with zero attached hydrogens (tertiary/aromatic N) is 1. The van der Waals surface area contributed by atoms with E-state index in [0.29, 0.717) is 48.9 Å². The molecule has 7 nitrogen and oxygen atoms in total. The van der Waals surface area contributed by atoms with Crippen molar-refractivity contribution < 1.29 is 23.8 Å². The van der Waals surface area contributed by atoms with Crippen LogP contribution in [-0.2, 0) is 4.79 Å². The molecule has 2 aromatic rings. The van der Waals surface area contributed by atoms with Gasteiger partial charge in [-0.05, 0) is 55.5 Å². The Bertz CT molecular complexity index is 982. The van der Waals surface area contributed by atoms with Crippen LogP contribution in [0, 0.1) is 0 Å². The highest BCUT2D eigenvalue weighted by molar-refractivity contribution is 5.95. The minimum Gasteiger partial charge on any atom is -0.481 e. The molecule has 32 heavy (non-hydrogen) atoms. The predicted molar refractivity (Wildman–Crippen MR) is 120 cm³/mol. The van der Waals surface area contributed by atoms with Crippen molar-refractivity contribution in [1.82, 2.24) is 10.2 Å². The lowest BCUT2D eigenvalue weighted by Gasteiger charge is -2.34. The minimum absolute atomic E-state index is 0.0230. The SMILES string of the molecule is CC(Oc1ccccc1C(C)C)C(=O)N1CCC(NC(=O)c2ccc3c(c2)OCO3)CC1. The molecule has 7 heteroatoms. The zero-order chi connectivity index (χ0) is 22.7. The molecule has 170 valence electrons. The first-order valence-corrected chi connectivity index (χ1v) is 11.2. The largest absolute Gasteiger partial charge is 0.481 e. The predicted octanol–water partition coefficient (Wildman–Crippen LogP) is 3.73. The van der Waals surface area contributed by atoms with Crippen LogP contribution in [0.3, 0.4) is 0 Å². The lowest BCUT2D eigenvalue weighted by molar-refractivity contribution is -0.139. The van der Waals surface area contributed by atoms with E-state index in [4.69, 9.17) is 14.2 Å². The molecule has 2 heterocycles. The topological polar surface area (TPSA) is 77.1 Å². The summed E-state index contributed by atoms with van der Waals surface area (Å²) >= 11 is 0. The molecule has 2 amide bonds. The summed E-state index contributed by atoms with van der Waals surface area (Å²) in [6, 6.07) is 13.1. The Balaban J connectivity index is 1.28. The van der Waals surface area contributed by atoms with Gasteiger partial charge in [0.15, 0.2) is 17.6 Å². The first-order chi connectivity index (χ1) is 15.4. The van der Waals surface area contributed by atoms with E-state index in [1.54, 1.807) is 25.1 Å². The fourth-order valence-corrected chi connectivity index (χ4v) is 4.11. The molecular formula is C25H30N2O5. The number of hydrogen-bond donors (Lipinski definition) is 1. The quantitative estimate of drug-likeness (QED) is 0.744. The number of carbonyl (C=O) groups excluding carboxylic acids is 2. The Kier molecular flexibility index (Phi) is 6.53. The lowest BCUT2D eigenvalue weighted by atomic mass is 10.0. The fraction of sp³-hybridized carbons (Fsp3) is 0.440. The molecule has 0 bridgehead atoms. The number of nitrogens with one attached hydrogen (secondary N) is 1. The van der Waals surface area contributed by atoms with Crippen LogP contribution in [0.25, 0.3) is 0 Å². The molecule has 0 radical (unpaired) electrons. The van der Waals surface area contributed by atoms with Crippen molar-refractivity contribution in [3.8, 4) is 17.2 Å². The standard InChI is InChI=1S/C25H30N2O5/c1-16(2)20-6-4-5-7-21(20)32-17(3)25(29)27-12-10-19(11-13-27)26-24(28)18-8-9-22-23(14-18)31-15-30-22/h4-9,14,16-17,19H,10-13,15H2,1-3H3,(H,26,28). The highest BCUT2D eigenvalue weighted by Crippen LogP contribution is 2.32. The molecule has 0 aromatic heterocycles. The average molecular weight is 439 g/mol. The van der Waals surface area contributed by atoms with Crippen molar-refractivity contribution in [2.75, 3.05) is 19.9 Å². The van der Waals surface area contributed by atoms with Crippen LogP contribution in [0.5, 0.6) is 17.2 Å². The molecule has 0 saturated carbocycles. The summed E-state index contributed by atoms with van der Waals surface area (Å²) in [5.74, 6) is 2.15. The first kappa shape index (κ1) is 22.0. The number of fused-ring (bicyclic) bond motifs is 1. The molecule has 1 saturated heterocycles. The van der Waals surface area contributed by atoms with Gasteiger partial charge in [-0.3, -0.25) is 9.59 Å². The van der Waals surface area contributed by atoms with Gasteiger partial charge in [-0.1, -0.05) is 32.0 Å². The maximum absolute atomic E-state index is 12.9. The summed E-state index contributed by atoms with van der Waals surface area (Å²) in [6.07, 6.45) is 0.851. The number of benzene rings is 2. The van der Waals surface area contributed by atoms with Gasteiger partial charge >= 0.3 is 0 Å². The van der Waals surface area contributed by atoms with E-state index in [0.717, 1.165) is 11.3 Å². The van der Waals surface area contributed by atoms with Crippen molar-refractivity contribution in [3.05, 3.63) is 53.6 Å². The Morgan fingerprint density at radius 3 is 2.50 bits per heavy atom. The van der Waals surface area contributed by atoms with Crippen LogP contribution in [0.1, 0.15) is 55.5 Å². The number of rotatable bonds is 6. The number of amides is 2. The summed E-state index contributed by atoms with van der Waals surface area (Å²) in [4.78, 5) is 27.4. The van der Waals surface area contributed by atoms with Gasteiger partial charge in [0.1, 0.15) is 5.75 Å². The second kappa shape index (κ2) is 9.51. The zero-order valence-corrected chi connectivity index (χ0v) is 18.8. The number of ether oxygens (including phenoxy) is 3. The Morgan fingerprint density at radius 1 is 1.03 bits per heavy atom. The number of hydrogen-bond acceptors (Lipinski definition) is 5. The average Bonchev–Trinajstić information content (AvgIpc) is 3.27. The van der Waals surface area contributed by atoms with E-state index in [2.05, 4.69) is 19.2 Å². The van der Waals surface area contributed by atoms with Gasteiger partial charge in [0.2, 0.25) is 6.79 Å². The molecule has 2 aliphatic heterocycles. The van der Waals surface area contributed by atoms with Crippen molar-refractivity contribution in [2.24, 2.45) is 0 Å². The molecule has 1 fully saturated rings. The van der Waals surface area contributed by atoms with E-state index < -0.39 is 6.10 Å². The number of para-hydroxylation sites is 1. The summed E-state index contributed by atoms with van der Waals surface area (Å²) in [5, 5.41) is 3.07. The molecular weight excluding hydrogens is 408 g/mol. The van der Waals surface area contributed by atoms with Gasteiger partial charge in [-0.25, -0.2) is 0 Å². The maximum Gasteiger partial charge on any atom is 0.263 e. The molecule has 4 rings (SSSR count). The monoisotopic (exact) mass is 438 g/mol. The summed E-state index contributed by atoms with van der Waals surface area (Å²) in [6.45, 7) is 7.37. The molecule has 2 aromatic carbocycles. The fourth-order valence-electron chi connectivity index (χ4n) is 4.11.